The first-order valence-corrected chi connectivity index (χ1v) is 8.13. The van der Waals surface area contributed by atoms with Gasteiger partial charge in [0.15, 0.2) is 0 Å². The summed E-state index contributed by atoms with van der Waals surface area (Å²) in [7, 11) is 0. The summed E-state index contributed by atoms with van der Waals surface area (Å²) in [6.45, 7) is -0.694. The molecule has 0 aliphatic carbocycles. The zero-order valence-electron chi connectivity index (χ0n) is 13.9. The lowest BCUT2D eigenvalue weighted by molar-refractivity contribution is 0.0529. The van der Waals surface area contributed by atoms with E-state index in [4.69, 9.17) is 19.7 Å². The molecule has 2 unspecified atom stereocenters. The average molecular weight is 348 g/mol. The Morgan fingerprint density at radius 3 is 1.48 bits per heavy atom. The van der Waals surface area contributed by atoms with E-state index in [1.54, 1.807) is 12.1 Å². The smallest absolute Gasteiger partial charge is 0.122 e. The Bertz CT molecular complexity index is 590. The SMILES string of the molecule is OCC(O)COc1ccccc1Cc1ccccc1OCC(O)CO. The molecule has 2 rings (SSSR count). The largest absolute Gasteiger partial charge is 0.491 e. The van der Waals surface area contributed by atoms with Crippen molar-refractivity contribution in [2.45, 2.75) is 18.6 Å². The number of hydrogen-bond donors (Lipinski definition) is 4. The highest BCUT2D eigenvalue weighted by Crippen LogP contribution is 2.26. The molecule has 0 saturated carbocycles. The number of para-hydroxylation sites is 2. The maximum absolute atomic E-state index is 9.45. The number of ether oxygens (including phenoxy) is 2. The number of aliphatic hydroxyl groups is 4. The third-order valence-electron chi connectivity index (χ3n) is 3.61. The van der Waals surface area contributed by atoms with Crippen LogP contribution in [-0.4, -0.2) is 59.1 Å². The maximum Gasteiger partial charge on any atom is 0.122 e. The monoisotopic (exact) mass is 348 g/mol. The second-order valence-corrected chi connectivity index (χ2v) is 5.69. The van der Waals surface area contributed by atoms with Gasteiger partial charge in [-0.1, -0.05) is 36.4 Å². The van der Waals surface area contributed by atoms with E-state index in [2.05, 4.69) is 0 Å². The van der Waals surface area contributed by atoms with E-state index in [1.807, 2.05) is 36.4 Å². The second kappa shape index (κ2) is 10.0. The summed E-state index contributed by atoms with van der Waals surface area (Å²) in [6, 6.07) is 14.9. The molecule has 25 heavy (non-hydrogen) atoms. The van der Waals surface area contributed by atoms with Gasteiger partial charge in [-0.05, 0) is 23.3 Å². The van der Waals surface area contributed by atoms with Gasteiger partial charge in [0, 0.05) is 6.42 Å². The molecule has 0 amide bonds. The van der Waals surface area contributed by atoms with Crippen molar-refractivity contribution in [2.75, 3.05) is 26.4 Å². The van der Waals surface area contributed by atoms with Crippen LogP contribution in [0.2, 0.25) is 0 Å². The van der Waals surface area contributed by atoms with E-state index in [0.29, 0.717) is 17.9 Å². The zero-order valence-corrected chi connectivity index (χ0v) is 13.9. The van der Waals surface area contributed by atoms with Gasteiger partial charge in [0.2, 0.25) is 0 Å². The minimum Gasteiger partial charge on any atom is -0.491 e. The lowest BCUT2D eigenvalue weighted by Crippen LogP contribution is -2.22. The van der Waals surface area contributed by atoms with Crippen LogP contribution >= 0.6 is 0 Å². The van der Waals surface area contributed by atoms with Gasteiger partial charge < -0.3 is 29.9 Å². The summed E-state index contributed by atoms with van der Waals surface area (Å²) in [5.41, 5.74) is 1.82. The van der Waals surface area contributed by atoms with Crippen molar-refractivity contribution >= 4 is 0 Å². The van der Waals surface area contributed by atoms with Gasteiger partial charge in [0.25, 0.3) is 0 Å². The summed E-state index contributed by atoms with van der Waals surface area (Å²) in [5, 5.41) is 36.7. The van der Waals surface area contributed by atoms with Crippen LogP contribution in [0.25, 0.3) is 0 Å². The van der Waals surface area contributed by atoms with Gasteiger partial charge in [-0.2, -0.15) is 0 Å². The molecule has 2 aromatic carbocycles. The van der Waals surface area contributed by atoms with Crippen LogP contribution in [0.15, 0.2) is 48.5 Å². The molecule has 0 aliphatic rings. The molecule has 6 heteroatoms. The van der Waals surface area contributed by atoms with Crippen LogP contribution in [0.1, 0.15) is 11.1 Å². The van der Waals surface area contributed by atoms with Crippen molar-refractivity contribution in [3.8, 4) is 11.5 Å². The molecule has 0 radical (unpaired) electrons. The number of aliphatic hydroxyl groups excluding tert-OH is 4. The topological polar surface area (TPSA) is 99.4 Å². The van der Waals surface area contributed by atoms with Crippen molar-refractivity contribution in [1.29, 1.82) is 0 Å². The summed E-state index contributed by atoms with van der Waals surface area (Å²) < 4.78 is 11.2. The molecule has 2 aromatic rings. The van der Waals surface area contributed by atoms with Gasteiger partial charge >= 0.3 is 0 Å². The minimum atomic E-state index is -0.927. The molecule has 2 atom stereocenters. The number of rotatable bonds is 10. The molecule has 0 bridgehead atoms. The molecule has 0 heterocycles. The van der Waals surface area contributed by atoms with Gasteiger partial charge in [-0.15, -0.1) is 0 Å². The fraction of sp³-hybridized carbons (Fsp3) is 0.368. The highest BCUT2D eigenvalue weighted by molar-refractivity contribution is 5.42. The summed E-state index contributed by atoms with van der Waals surface area (Å²) >= 11 is 0. The van der Waals surface area contributed by atoms with E-state index in [0.717, 1.165) is 11.1 Å². The first kappa shape index (κ1) is 19.2. The lowest BCUT2D eigenvalue weighted by atomic mass is 10.0. The van der Waals surface area contributed by atoms with E-state index in [1.165, 1.54) is 0 Å². The van der Waals surface area contributed by atoms with E-state index in [9.17, 15) is 10.2 Å². The Labute approximate surface area is 146 Å². The molecule has 6 nitrogen and oxygen atoms in total. The fourth-order valence-corrected chi connectivity index (χ4v) is 2.26. The van der Waals surface area contributed by atoms with Crippen LogP contribution in [0.4, 0.5) is 0 Å². The molecule has 0 aromatic heterocycles. The Hall–Kier alpha value is -2.12. The van der Waals surface area contributed by atoms with Gasteiger partial charge in [-0.25, -0.2) is 0 Å². The predicted molar refractivity (Wildman–Crippen MR) is 92.9 cm³/mol. The van der Waals surface area contributed by atoms with E-state index < -0.39 is 12.2 Å². The Morgan fingerprint density at radius 1 is 0.680 bits per heavy atom. The Balaban J connectivity index is 2.11. The highest BCUT2D eigenvalue weighted by Gasteiger charge is 2.11. The van der Waals surface area contributed by atoms with Crippen LogP contribution in [-0.2, 0) is 6.42 Å². The predicted octanol–water partition coefficient (Wildman–Crippen LogP) is 0.741. The molecule has 0 spiro atoms. The highest BCUT2D eigenvalue weighted by atomic mass is 16.5. The third-order valence-corrected chi connectivity index (χ3v) is 3.61. The molecule has 0 fully saturated rings. The van der Waals surface area contributed by atoms with Gasteiger partial charge in [0.1, 0.15) is 36.9 Å². The molecule has 0 aliphatic heterocycles. The Morgan fingerprint density at radius 2 is 1.08 bits per heavy atom. The van der Waals surface area contributed by atoms with Gasteiger partial charge in [0.05, 0.1) is 13.2 Å². The molecule has 136 valence electrons. The third kappa shape index (κ3) is 6.03. The first-order valence-electron chi connectivity index (χ1n) is 8.13. The zero-order chi connectivity index (χ0) is 18.1. The number of benzene rings is 2. The Kier molecular flexibility index (Phi) is 7.69. The number of hydrogen-bond acceptors (Lipinski definition) is 6. The van der Waals surface area contributed by atoms with Crippen molar-refractivity contribution < 1.29 is 29.9 Å². The van der Waals surface area contributed by atoms with E-state index in [-0.39, 0.29) is 26.4 Å². The van der Waals surface area contributed by atoms with Gasteiger partial charge in [-0.3, -0.25) is 0 Å². The van der Waals surface area contributed by atoms with Crippen molar-refractivity contribution in [3.63, 3.8) is 0 Å². The van der Waals surface area contributed by atoms with Crippen molar-refractivity contribution in [2.24, 2.45) is 0 Å². The minimum absolute atomic E-state index is 0.00829. The van der Waals surface area contributed by atoms with Crippen LogP contribution in [0.3, 0.4) is 0 Å². The van der Waals surface area contributed by atoms with E-state index >= 15 is 0 Å². The quantitative estimate of drug-likeness (QED) is 0.505. The van der Waals surface area contributed by atoms with Crippen LogP contribution in [0, 0.1) is 0 Å². The molecule has 0 saturated heterocycles. The second-order valence-electron chi connectivity index (χ2n) is 5.69. The molecular formula is C19H24O6. The summed E-state index contributed by atoms with van der Waals surface area (Å²) in [4.78, 5) is 0. The van der Waals surface area contributed by atoms with Crippen LogP contribution < -0.4 is 9.47 Å². The summed E-state index contributed by atoms with van der Waals surface area (Å²) in [6.07, 6.45) is -1.32. The van der Waals surface area contributed by atoms with Crippen molar-refractivity contribution in [3.05, 3.63) is 59.7 Å². The maximum atomic E-state index is 9.45. The van der Waals surface area contributed by atoms with Crippen LogP contribution in [0.5, 0.6) is 11.5 Å². The average Bonchev–Trinajstić information content (AvgIpc) is 2.66. The summed E-state index contributed by atoms with van der Waals surface area (Å²) in [5.74, 6) is 1.25. The standard InChI is InChI=1S/C19H24O6/c20-10-16(22)12-24-18-7-3-1-5-14(18)9-15-6-2-4-8-19(15)25-13-17(23)11-21/h1-8,16-17,20-23H,9-13H2. The first-order chi connectivity index (χ1) is 12.1. The van der Waals surface area contributed by atoms with Crippen molar-refractivity contribution in [1.82, 2.24) is 0 Å². The fourth-order valence-electron chi connectivity index (χ4n) is 2.26. The lowest BCUT2D eigenvalue weighted by Gasteiger charge is -2.16. The molecule has 4 N–H and O–H groups in total. The molecular weight excluding hydrogens is 324 g/mol. The normalized spacial score (nSPS) is 13.3.